The minimum Gasteiger partial charge on any atom is -0.354 e. The number of aromatic amines is 1. The molecule has 1 fully saturated rings. The summed E-state index contributed by atoms with van der Waals surface area (Å²) in [6.07, 6.45) is 7.97. The molecule has 2 N–H and O–H groups in total. The van der Waals surface area contributed by atoms with Gasteiger partial charge < -0.3 is 14.7 Å². The maximum absolute atomic E-state index is 14.2. The van der Waals surface area contributed by atoms with Gasteiger partial charge in [0, 0.05) is 39.1 Å². The summed E-state index contributed by atoms with van der Waals surface area (Å²) < 4.78 is 15.8. The number of hydrogen-bond donors (Lipinski definition) is 2. The number of H-pyrrole nitrogens is 1. The van der Waals surface area contributed by atoms with Gasteiger partial charge in [0.15, 0.2) is 5.82 Å². The van der Waals surface area contributed by atoms with Crippen LogP contribution in [0.4, 0.5) is 4.39 Å². The quantitative estimate of drug-likeness (QED) is 0.446. The predicted octanol–water partition coefficient (Wildman–Crippen LogP) is 4.09. The zero-order chi connectivity index (χ0) is 25.0. The Morgan fingerprint density at radius 3 is 2.78 bits per heavy atom. The van der Waals surface area contributed by atoms with Crippen molar-refractivity contribution in [2.24, 2.45) is 5.92 Å². The van der Waals surface area contributed by atoms with Crippen LogP contribution in [0.15, 0.2) is 53.6 Å². The molecule has 8 heteroatoms. The first-order valence-corrected chi connectivity index (χ1v) is 12.4. The molecule has 0 spiro atoms. The summed E-state index contributed by atoms with van der Waals surface area (Å²) in [5.41, 5.74) is 6.42. The number of rotatable bonds is 5. The summed E-state index contributed by atoms with van der Waals surface area (Å²) in [4.78, 5) is 34.0. The minimum absolute atomic E-state index is 0.0670. The van der Waals surface area contributed by atoms with Gasteiger partial charge in [0.1, 0.15) is 11.2 Å². The summed E-state index contributed by atoms with van der Waals surface area (Å²) in [7, 11) is 1.60. The first kappa shape index (κ1) is 22.7. The maximum atomic E-state index is 14.2. The Labute approximate surface area is 207 Å². The highest BCUT2D eigenvalue weighted by molar-refractivity contribution is 5.92. The molecule has 1 aromatic carbocycles. The van der Waals surface area contributed by atoms with Crippen molar-refractivity contribution in [3.63, 3.8) is 0 Å². The van der Waals surface area contributed by atoms with Crippen LogP contribution >= 0.6 is 0 Å². The lowest BCUT2D eigenvalue weighted by Crippen LogP contribution is -2.33. The lowest BCUT2D eigenvalue weighted by Gasteiger charge is -2.32. The van der Waals surface area contributed by atoms with Crippen LogP contribution < -0.4 is 10.9 Å². The third kappa shape index (κ3) is 3.91. The molecule has 1 saturated carbocycles. The van der Waals surface area contributed by atoms with Crippen LogP contribution in [0.2, 0.25) is 0 Å². The van der Waals surface area contributed by atoms with E-state index in [1.807, 2.05) is 6.07 Å². The number of pyridine rings is 1. The molecule has 4 heterocycles. The van der Waals surface area contributed by atoms with Crippen molar-refractivity contribution in [2.75, 3.05) is 20.1 Å². The van der Waals surface area contributed by atoms with E-state index in [-0.39, 0.29) is 11.4 Å². The average Bonchev–Trinajstić information content (AvgIpc) is 3.64. The van der Waals surface area contributed by atoms with Crippen molar-refractivity contribution in [2.45, 2.75) is 32.2 Å². The van der Waals surface area contributed by atoms with Crippen LogP contribution in [0, 0.1) is 11.7 Å². The van der Waals surface area contributed by atoms with Gasteiger partial charge in [-0.2, -0.15) is 0 Å². The SMILES string of the molecule is CNC(=O)c1ccc(C2=CCN(Cc3cc4[nH]c(=O)c5c(F)ccn5c4cc3C3CC3)CC2C)cn1. The van der Waals surface area contributed by atoms with Crippen molar-refractivity contribution >= 4 is 28.0 Å². The van der Waals surface area contributed by atoms with Crippen molar-refractivity contribution in [3.8, 4) is 0 Å². The number of benzene rings is 1. The third-order valence-corrected chi connectivity index (χ3v) is 7.42. The molecule has 1 atom stereocenters. The number of hydrogen-bond acceptors (Lipinski definition) is 4. The minimum atomic E-state index is -0.501. The monoisotopic (exact) mass is 485 g/mol. The predicted molar refractivity (Wildman–Crippen MR) is 138 cm³/mol. The largest absolute Gasteiger partial charge is 0.354 e. The van der Waals surface area contributed by atoms with E-state index < -0.39 is 11.4 Å². The van der Waals surface area contributed by atoms with Crippen LogP contribution in [0.25, 0.3) is 22.1 Å². The average molecular weight is 486 g/mol. The number of fused-ring (bicyclic) bond motifs is 3. The molecule has 36 heavy (non-hydrogen) atoms. The molecule has 0 saturated heterocycles. The molecule has 4 aromatic rings. The fourth-order valence-corrected chi connectivity index (χ4v) is 5.46. The van der Waals surface area contributed by atoms with Crippen molar-refractivity contribution < 1.29 is 9.18 Å². The lowest BCUT2D eigenvalue weighted by atomic mass is 9.90. The van der Waals surface area contributed by atoms with Crippen LogP contribution in [-0.4, -0.2) is 45.3 Å². The van der Waals surface area contributed by atoms with Crippen molar-refractivity contribution in [3.05, 3.63) is 87.4 Å². The summed E-state index contributed by atoms with van der Waals surface area (Å²) in [6.45, 7) is 4.69. The third-order valence-electron chi connectivity index (χ3n) is 7.42. The summed E-state index contributed by atoms with van der Waals surface area (Å²) in [5, 5.41) is 2.60. The Morgan fingerprint density at radius 1 is 1.25 bits per heavy atom. The second kappa shape index (κ2) is 8.71. The van der Waals surface area contributed by atoms with Crippen LogP contribution in [0.5, 0.6) is 0 Å². The van der Waals surface area contributed by atoms with Crippen molar-refractivity contribution in [1.29, 1.82) is 0 Å². The van der Waals surface area contributed by atoms with E-state index in [0.29, 0.717) is 17.5 Å². The zero-order valence-electron chi connectivity index (χ0n) is 20.3. The Bertz CT molecular complexity index is 1580. The van der Waals surface area contributed by atoms with Gasteiger partial charge in [-0.05, 0) is 71.2 Å². The van der Waals surface area contributed by atoms with Gasteiger partial charge in [0.25, 0.3) is 11.5 Å². The van der Waals surface area contributed by atoms with Gasteiger partial charge in [0.2, 0.25) is 0 Å². The van der Waals surface area contributed by atoms with E-state index in [1.165, 1.54) is 22.8 Å². The molecule has 1 aliphatic carbocycles. The van der Waals surface area contributed by atoms with E-state index in [9.17, 15) is 14.0 Å². The molecular weight excluding hydrogens is 457 g/mol. The summed E-state index contributed by atoms with van der Waals surface area (Å²) >= 11 is 0. The molecular formula is C28H28FN5O2. The zero-order valence-corrected chi connectivity index (χ0v) is 20.3. The molecule has 184 valence electrons. The smallest absolute Gasteiger partial charge is 0.275 e. The number of carbonyl (C=O) groups excluding carboxylic acids is 1. The molecule has 3 aromatic heterocycles. The highest BCUT2D eigenvalue weighted by Gasteiger charge is 2.29. The molecule has 0 radical (unpaired) electrons. The van der Waals surface area contributed by atoms with Gasteiger partial charge in [-0.15, -0.1) is 0 Å². The number of amides is 1. The fraction of sp³-hybridized carbons (Fsp3) is 0.321. The van der Waals surface area contributed by atoms with Gasteiger partial charge in [-0.3, -0.25) is 19.5 Å². The highest BCUT2D eigenvalue weighted by atomic mass is 19.1. The molecule has 2 aliphatic rings. The molecule has 1 amide bonds. The highest BCUT2D eigenvalue weighted by Crippen LogP contribution is 2.43. The lowest BCUT2D eigenvalue weighted by molar-refractivity contribution is 0.0958. The number of aromatic nitrogens is 3. The first-order chi connectivity index (χ1) is 17.4. The Balaban J connectivity index is 1.29. The van der Waals surface area contributed by atoms with Gasteiger partial charge in [-0.1, -0.05) is 19.1 Å². The number of nitrogens with zero attached hydrogens (tertiary/aromatic N) is 3. The summed E-state index contributed by atoms with van der Waals surface area (Å²) in [5.74, 6) is 0.131. The normalized spacial score (nSPS) is 18.5. The van der Waals surface area contributed by atoms with E-state index in [2.05, 4.69) is 45.3 Å². The van der Waals surface area contributed by atoms with E-state index in [0.717, 1.165) is 49.1 Å². The van der Waals surface area contributed by atoms with Gasteiger partial charge in [-0.25, -0.2) is 4.39 Å². The Kier molecular flexibility index (Phi) is 5.48. The van der Waals surface area contributed by atoms with Crippen LogP contribution in [0.3, 0.4) is 0 Å². The first-order valence-electron chi connectivity index (χ1n) is 12.4. The van der Waals surface area contributed by atoms with E-state index in [1.54, 1.807) is 29.9 Å². The fourth-order valence-electron chi connectivity index (χ4n) is 5.46. The second-order valence-electron chi connectivity index (χ2n) is 9.94. The van der Waals surface area contributed by atoms with Gasteiger partial charge >= 0.3 is 0 Å². The summed E-state index contributed by atoms with van der Waals surface area (Å²) in [6, 6.07) is 9.28. The number of halogens is 1. The Morgan fingerprint density at radius 2 is 2.08 bits per heavy atom. The number of nitrogens with one attached hydrogen (secondary N) is 2. The molecule has 6 rings (SSSR count). The van der Waals surface area contributed by atoms with Crippen molar-refractivity contribution in [1.82, 2.24) is 24.6 Å². The second-order valence-corrected chi connectivity index (χ2v) is 9.94. The van der Waals surface area contributed by atoms with Crippen LogP contribution in [0.1, 0.15) is 52.9 Å². The van der Waals surface area contributed by atoms with Gasteiger partial charge in [0.05, 0.1) is 11.0 Å². The molecule has 0 bridgehead atoms. The maximum Gasteiger partial charge on any atom is 0.275 e. The Hall–Kier alpha value is -3.78. The number of carbonyl (C=O) groups is 1. The molecule has 7 nitrogen and oxygen atoms in total. The molecule has 1 aliphatic heterocycles. The van der Waals surface area contributed by atoms with Crippen LogP contribution in [-0.2, 0) is 6.54 Å². The van der Waals surface area contributed by atoms with E-state index in [4.69, 9.17) is 0 Å². The topological polar surface area (TPSA) is 82.5 Å². The standard InChI is InChI=1S/C28H28FN5O2/c1-16-14-33(9-7-20(16)18-5-6-23(31-13-18)27(35)30-2)15-19-11-24-25(12-21(19)17-3-4-17)34-10-8-22(29)26(34)28(36)32-24/h5-8,10-13,16-17H,3-4,9,14-15H2,1-2H3,(H,30,35)(H,32,36). The molecule has 1 unspecified atom stereocenters. The van der Waals surface area contributed by atoms with E-state index >= 15 is 0 Å².